The van der Waals surface area contributed by atoms with Crippen LogP contribution in [0.1, 0.15) is 31.4 Å². The van der Waals surface area contributed by atoms with Gasteiger partial charge in [-0.05, 0) is 29.9 Å². The van der Waals surface area contributed by atoms with Crippen molar-refractivity contribution in [1.82, 2.24) is 10.6 Å². The highest BCUT2D eigenvalue weighted by molar-refractivity contribution is 5.92. The number of ketones is 1. The lowest BCUT2D eigenvalue weighted by Crippen LogP contribution is -2.53. The van der Waals surface area contributed by atoms with Crippen molar-refractivity contribution in [1.29, 1.82) is 0 Å². The van der Waals surface area contributed by atoms with E-state index in [1.807, 2.05) is 50.2 Å². The molecule has 0 aromatic heterocycles. The maximum atomic E-state index is 13.1. The lowest BCUT2D eigenvalue weighted by atomic mass is 10.00. The molecular weight excluding hydrogens is 399 g/mol. The number of carbonyl (C=O) groups excluding carboxylic acids is 3. The molecule has 2 atom stereocenters. The van der Waals surface area contributed by atoms with Gasteiger partial charge in [0, 0.05) is 0 Å². The Kier molecular flexibility index (Phi) is 9.68. The van der Waals surface area contributed by atoms with Crippen LogP contribution in [0.25, 0.3) is 0 Å². The predicted molar refractivity (Wildman–Crippen MR) is 116 cm³/mol. The third-order valence-corrected chi connectivity index (χ3v) is 4.65. The molecule has 2 aromatic rings. The van der Waals surface area contributed by atoms with Crippen molar-refractivity contribution in [3.63, 3.8) is 0 Å². The summed E-state index contributed by atoms with van der Waals surface area (Å²) in [5, 5.41) is 5.17. The Bertz CT molecular complexity index is 843. The number of hydrogen-bond acceptors (Lipinski definition) is 4. The van der Waals surface area contributed by atoms with Crippen LogP contribution in [0.4, 0.5) is 9.18 Å². The molecule has 0 aliphatic rings. The summed E-state index contributed by atoms with van der Waals surface area (Å²) in [6.07, 6.45) is -0.225. The van der Waals surface area contributed by atoms with Crippen molar-refractivity contribution in [2.45, 2.75) is 45.4 Å². The summed E-state index contributed by atoms with van der Waals surface area (Å²) in [7, 11) is 0. The summed E-state index contributed by atoms with van der Waals surface area (Å²) < 4.78 is 18.3. The highest BCUT2D eigenvalue weighted by atomic mass is 19.1. The molecule has 2 rings (SSSR count). The summed E-state index contributed by atoms with van der Waals surface area (Å²) in [6, 6.07) is 16.3. The minimum absolute atomic E-state index is 0.0691. The van der Waals surface area contributed by atoms with Crippen LogP contribution < -0.4 is 10.6 Å². The van der Waals surface area contributed by atoms with E-state index >= 15 is 0 Å². The highest BCUT2D eigenvalue weighted by Gasteiger charge is 2.27. The van der Waals surface area contributed by atoms with Gasteiger partial charge in [0.25, 0.3) is 0 Å². The zero-order valence-electron chi connectivity index (χ0n) is 17.8. The van der Waals surface area contributed by atoms with Crippen molar-refractivity contribution in [3.8, 4) is 0 Å². The zero-order chi connectivity index (χ0) is 22.6. The molecule has 0 saturated heterocycles. The molecule has 0 aliphatic heterocycles. The molecule has 2 unspecified atom stereocenters. The van der Waals surface area contributed by atoms with Crippen LogP contribution in [-0.2, 0) is 27.4 Å². The summed E-state index contributed by atoms with van der Waals surface area (Å²) in [6.45, 7) is 2.70. The minimum atomic E-state index is -1.18. The number of alkyl carbamates (subject to hydrolysis) is 1. The van der Waals surface area contributed by atoms with Gasteiger partial charge in [-0.3, -0.25) is 9.59 Å². The van der Waals surface area contributed by atoms with Crippen LogP contribution in [0.3, 0.4) is 0 Å². The molecule has 166 valence electrons. The fraction of sp³-hybridized carbons (Fsp3) is 0.375. The maximum absolute atomic E-state index is 13.1. The highest BCUT2D eigenvalue weighted by Crippen LogP contribution is 2.09. The van der Waals surface area contributed by atoms with E-state index < -0.39 is 36.5 Å². The van der Waals surface area contributed by atoms with Crippen LogP contribution in [0, 0.1) is 5.92 Å². The molecule has 0 bridgehead atoms. The molecule has 0 saturated carbocycles. The molecule has 0 radical (unpaired) electrons. The lowest BCUT2D eigenvalue weighted by molar-refractivity contribution is -0.129. The Labute approximate surface area is 182 Å². The van der Waals surface area contributed by atoms with Crippen LogP contribution in [0.15, 0.2) is 60.7 Å². The molecular formula is C24H29FN2O4. The van der Waals surface area contributed by atoms with Gasteiger partial charge in [-0.15, -0.1) is 0 Å². The molecule has 0 fully saturated rings. The summed E-state index contributed by atoms with van der Waals surface area (Å²) in [5.41, 5.74) is 1.62. The smallest absolute Gasteiger partial charge is 0.408 e. The number of alkyl halides is 1. The second-order valence-corrected chi connectivity index (χ2v) is 7.74. The third-order valence-electron chi connectivity index (χ3n) is 4.65. The summed E-state index contributed by atoms with van der Waals surface area (Å²) in [4.78, 5) is 37.2. The van der Waals surface area contributed by atoms with Crippen molar-refractivity contribution < 1.29 is 23.5 Å². The van der Waals surface area contributed by atoms with E-state index in [-0.39, 0.29) is 18.9 Å². The van der Waals surface area contributed by atoms with E-state index in [1.165, 1.54) is 0 Å². The van der Waals surface area contributed by atoms with E-state index in [2.05, 4.69) is 10.6 Å². The fourth-order valence-electron chi connectivity index (χ4n) is 3.07. The lowest BCUT2D eigenvalue weighted by Gasteiger charge is -2.23. The number of benzene rings is 2. The van der Waals surface area contributed by atoms with Gasteiger partial charge in [0.2, 0.25) is 5.91 Å². The molecule has 0 spiro atoms. The van der Waals surface area contributed by atoms with Crippen molar-refractivity contribution in [3.05, 3.63) is 71.8 Å². The molecule has 0 aliphatic carbocycles. The number of halogens is 1. The Morgan fingerprint density at radius 2 is 1.45 bits per heavy atom. The van der Waals surface area contributed by atoms with E-state index in [9.17, 15) is 18.8 Å². The fourth-order valence-corrected chi connectivity index (χ4v) is 3.07. The molecule has 2 amide bonds. The Morgan fingerprint density at radius 3 is 2.00 bits per heavy atom. The van der Waals surface area contributed by atoms with E-state index in [0.717, 1.165) is 11.1 Å². The molecule has 6 nitrogen and oxygen atoms in total. The van der Waals surface area contributed by atoms with Crippen LogP contribution in [-0.4, -0.2) is 36.5 Å². The second kappa shape index (κ2) is 12.5. The molecule has 7 heteroatoms. The maximum Gasteiger partial charge on any atom is 0.408 e. The van der Waals surface area contributed by atoms with Gasteiger partial charge in [-0.2, -0.15) is 0 Å². The first-order valence-corrected chi connectivity index (χ1v) is 10.3. The van der Waals surface area contributed by atoms with E-state index in [0.29, 0.717) is 6.42 Å². The minimum Gasteiger partial charge on any atom is -0.445 e. The monoisotopic (exact) mass is 428 g/mol. The molecule has 31 heavy (non-hydrogen) atoms. The number of hydrogen-bond donors (Lipinski definition) is 2. The van der Waals surface area contributed by atoms with Gasteiger partial charge in [0.15, 0.2) is 5.78 Å². The van der Waals surface area contributed by atoms with Gasteiger partial charge >= 0.3 is 6.09 Å². The van der Waals surface area contributed by atoms with Crippen molar-refractivity contribution in [2.75, 3.05) is 6.67 Å². The topological polar surface area (TPSA) is 84.5 Å². The number of amides is 2. The molecule has 0 heterocycles. The quantitative estimate of drug-likeness (QED) is 0.573. The van der Waals surface area contributed by atoms with Crippen molar-refractivity contribution >= 4 is 17.8 Å². The Morgan fingerprint density at radius 1 is 0.871 bits per heavy atom. The first kappa shape index (κ1) is 24.1. The van der Waals surface area contributed by atoms with Gasteiger partial charge in [0.05, 0.1) is 6.04 Å². The third kappa shape index (κ3) is 8.58. The first-order chi connectivity index (χ1) is 14.9. The van der Waals surface area contributed by atoms with Gasteiger partial charge in [-0.25, -0.2) is 9.18 Å². The Balaban J connectivity index is 2.01. The van der Waals surface area contributed by atoms with Gasteiger partial charge in [-0.1, -0.05) is 74.5 Å². The number of Topliss-reactive ketones (excluding diaryl/α,β-unsaturated/α-hetero) is 1. The van der Waals surface area contributed by atoms with Gasteiger partial charge < -0.3 is 15.4 Å². The largest absolute Gasteiger partial charge is 0.445 e. The van der Waals surface area contributed by atoms with E-state index in [1.54, 1.807) is 24.3 Å². The average Bonchev–Trinajstić information content (AvgIpc) is 2.77. The van der Waals surface area contributed by atoms with Crippen LogP contribution in [0.2, 0.25) is 0 Å². The molecule has 2 N–H and O–H groups in total. The standard InChI is InChI=1S/C24H29FN2O4/c1-17(2)13-21(27-24(30)31-16-19-11-7-4-8-12-19)23(29)26-20(22(28)15-25)14-18-9-5-3-6-10-18/h3-12,17,20-21H,13-16H2,1-2H3,(H,26,29)(H,27,30). The second-order valence-electron chi connectivity index (χ2n) is 7.74. The first-order valence-electron chi connectivity index (χ1n) is 10.3. The number of carbonyl (C=O) groups is 3. The summed E-state index contributed by atoms with van der Waals surface area (Å²) in [5.74, 6) is -1.17. The summed E-state index contributed by atoms with van der Waals surface area (Å²) >= 11 is 0. The van der Waals surface area contributed by atoms with Gasteiger partial charge in [0.1, 0.15) is 19.3 Å². The Hall–Kier alpha value is -3.22. The zero-order valence-corrected chi connectivity index (χ0v) is 17.8. The SMILES string of the molecule is CC(C)CC(NC(=O)OCc1ccccc1)C(=O)NC(Cc1ccccc1)C(=O)CF. The predicted octanol–water partition coefficient (Wildman–Crippen LogP) is 3.59. The number of rotatable bonds is 11. The normalized spacial score (nSPS) is 12.6. The molecule has 2 aromatic carbocycles. The number of ether oxygens (including phenoxy) is 1. The van der Waals surface area contributed by atoms with E-state index in [4.69, 9.17) is 4.74 Å². The average molecular weight is 429 g/mol. The van der Waals surface area contributed by atoms with Crippen LogP contribution >= 0.6 is 0 Å². The van der Waals surface area contributed by atoms with Crippen LogP contribution in [0.5, 0.6) is 0 Å². The van der Waals surface area contributed by atoms with Crippen molar-refractivity contribution in [2.24, 2.45) is 5.92 Å². The number of nitrogens with one attached hydrogen (secondary N) is 2.